The number of guanidine groups is 1. The average Bonchev–Trinajstić information content (AvgIpc) is 3.26. The number of hydrogen-bond acceptors (Lipinski definition) is 5. The third kappa shape index (κ3) is 5.75. The van der Waals surface area contributed by atoms with Crippen molar-refractivity contribution < 1.29 is 9.26 Å². The maximum absolute atomic E-state index is 5.66. The number of hydrogen-bond donors (Lipinski definition) is 2. The predicted molar refractivity (Wildman–Crippen MR) is 120 cm³/mol. The minimum absolute atomic E-state index is 0.220. The highest BCUT2D eigenvalue weighted by molar-refractivity contribution is 5.79. The van der Waals surface area contributed by atoms with Crippen molar-refractivity contribution in [3.8, 4) is 5.75 Å². The van der Waals surface area contributed by atoms with Gasteiger partial charge in [0.1, 0.15) is 5.75 Å². The Morgan fingerprint density at radius 2 is 1.97 bits per heavy atom. The van der Waals surface area contributed by atoms with Crippen LogP contribution in [0.3, 0.4) is 0 Å². The Kier molecular flexibility index (Phi) is 8.13. The van der Waals surface area contributed by atoms with Crippen LogP contribution < -0.4 is 15.4 Å². The van der Waals surface area contributed by atoms with Gasteiger partial charge in [0.15, 0.2) is 11.7 Å². The van der Waals surface area contributed by atoms with Crippen LogP contribution >= 0.6 is 0 Å². The minimum atomic E-state index is 0.220. The van der Waals surface area contributed by atoms with Gasteiger partial charge in [-0.1, -0.05) is 43.6 Å². The molecule has 1 aromatic heterocycles. The first-order valence-corrected chi connectivity index (χ1v) is 10.9. The summed E-state index contributed by atoms with van der Waals surface area (Å²) in [5, 5.41) is 10.9. The molecule has 0 bridgehead atoms. The fraction of sp³-hybridized carbons (Fsp3) is 0.565. The van der Waals surface area contributed by atoms with Gasteiger partial charge in [-0.3, -0.25) is 9.89 Å². The molecule has 2 heterocycles. The Labute approximate surface area is 179 Å². The van der Waals surface area contributed by atoms with E-state index in [-0.39, 0.29) is 6.04 Å². The van der Waals surface area contributed by atoms with Gasteiger partial charge in [-0.2, -0.15) is 0 Å². The monoisotopic (exact) mass is 413 g/mol. The molecular weight excluding hydrogens is 378 g/mol. The van der Waals surface area contributed by atoms with Crippen LogP contribution in [0.5, 0.6) is 5.75 Å². The molecule has 0 amide bonds. The number of aromatic nitrogens is 1. The van der Waals surface area contributed by atoms with Crippen LogP contribution in [0.1, 0.15) is 62.1 Å². The highest BCUT2D eigenvalue weighted by atomic mass is 16.5. The highest BCUT2D eigenvalue weighted by Crippen LogP contribution is 2.30. The van der Waals surface area contributed by atoms with Gasteiger partial charge in [0.25, 0.3) is 0 Å². The predicted octanol–water partition coefficient (Wildman–Crippen LogP) is 3.70. The van der Waals surface area contributed by atoms with Crippen LogP contribution in [0.4, 0.5) is 0 Å². The minimum Gasteiger partial charge on any atom is -0.496 e. The summed E-state index contributed by atoms with van der Waals surface area (Å²) in [4.78, 5) is 6.93. The Morgan fingerprint density at radius 3 is 2.63 bits per heavy atom. The largest absolute Gasteiger partial charge is 0.496 e. The summed E-state index contributed by atoms with van der Waals surface area (Å²) >= 11 is 0. The van der Waals surface area contributed by atoms with Crippen molar-refractivity contribution in [1.29, 1.82) is 0 Å². The summed E-state index contributed by atoms with van der Waals surface area (Å²) in [6.45, 7) is 7.71. The Hall–Kier alpha value is -2.54. The van der Waals surface area contributed by atoms with Gasteiger partial charge in [-0.05, 0) is 37.9 Å². The Balaban J connectivity index is 1.65. The molecule has 0 aliphatic carbocycles. The summed E-state index contributed by atoms with van der Waals surface area (Å²) in [5.41, 5.74) is 2.18. The highest BCUT2D eigenvalue weighted by Gasteiger charge is 2.25. The molecule has 2 aromatic rings. The Morgan fingerprint density at radius 1 is 1.20 bits per heavy atom. The molecule has 7 heteroatoms. The van der Waals surface area contributed by atoms with Crippen LogP contribution in [0.15, 0.2) is 39.8 Å². The van der Waals surface area contributed by atoms with Gasteiger partial charge in [0.2, 0.25) is 0 Å². The number of piperidine rings is 1. The lowest BCUT2D eigenvalue weighted by molar-refractivity contribution is 0.161. The van der Waals surface area contributed by atoms with Crippen molar-refractivity contribution in [2.45, 2.75) is 51.6 Å². The topological polar surface area (TPSA) is 74.9 Å². The lowest BCUT2D eigenvalue weighted by Gasteiger charge is -2.35. The van der Waals surface area contributed by atoms with Crippen molar-refractivity contribution in [2.75, 3.05) is 33.8 Å². The number of benzene rings is 1. The third-order valence-electron chi connectivity index (χ3n) is 5.61. The molecule has 0 saturated carbocycles. The molecule has 1 aliphatic heterocycles. The van der Waals surface area contributed by atoms with Crippen molar-refractivity contribution in [1.82, 2.24) is 20.7 Å². The summed E-state index contributed by atoms with van der Waals surface area (Å²) in [6, 6.07) is 10.5. The van der Waals surface area contributed by atoms with E-state index in [1.165, 1.54) is 24.8 Å². The van der Waals surface area contributed by atoms with Gasteiger partial charge in [-0.25, -0.2) is 0 Å². The standard InChI is InChI=1S/C23H35N5O2/c1-17(2)20-14-18(30-27-20)15-25-23(24-3)26-16-21(28-12-8-5-9-13-28)19-10-6-7-11-22(19)29-4/h6-7,10-11,14,17,21H,5,8-9,12-13,15-16H2,1-4H3,(H2,24,25,26). The summed E-state index contributed by atoms with van der Waals surface area (Å²) in [7, 11) is 3.52. The smallest absolute Gasteiger partial charge is 0.191 e. The third-order valence-corrected chi connectivity index (χ3v) is 5.61. The van der Waals surface area contributed by atoms with E-state index < -0.39 is 0 Å². The van der Waals surface area contributed by atoms with Gasteiger partial charge in [0, 0.05) is 25.2 Å². The number of likely N-dealkylation sites (tertiary alicyclic amines) is 1. The van der Waals surface area contributed by atoms with E-state index in [0.717, 1.165) is 42.8 Å². The molecule has 0 radical (unpaired) electrons. The number of nitrogens with zero attached hydrogens (tertiary/aromatic N) is 3. The van der Waals surface area contributed by atoms with Crippen LogP contribution in [0.25, 0.3) is 0 Å². The van der Waals surface area contributed by atoms with Crippen LogP contribution in [-0.4, -0.2) is 49.8 Å². The van der Waals surface area contributed by atoms with E-state index in [4.69, 9.17) is 9.26 Å². The normalized spacial score (nSPS) is 16.5. The number of nitrogens with one attached hydrogen (secondary N) is 2. The summed E-state index contributed by atoms with van der Waals surface area (Å²) in [5.74, 6) is 2.83. The van der Waals surface area contributed by atoms with E-state index in [1.54, 1.807) is 14.2 Å². The zero-order chi connectivity index (χ0) is 21.3. The molecule has 1 aliphatic rings. The summed E-state index contributed by atoms with van der Waals surface area (Å²) < 4.78 is 11.1. The van der Waals surface area contributed by atoms with Crippen molar-refractivity contribution in [2.24, 2.45) is 4.99 Å². The van der Waals surface area contributed by atoms with Crippen molar-refractivity contribution >= 4 is 5.96 Å². The molecule has 164 valence electrons. The first-order chi connectivity index (χ1) is 14.6. The van der Waals surface area contributed by atoms with Gasteiger partial charge >= 0.3 is 0 Å². The second kappa shape index (κ2) is 11.0. The SMILES string of the molecule is CN=C(NCc1cc(C(C)C)no1)NCC(c1ccccc1OC)N1CCCCC1. The van der Waals surface area contributed by atoms with E-state index >= 15 is 0 Å². The second-order valence-electron chi connectivity index (χ2n) is 8.03. The molecule has 1 fully saturated rings. The molecule has 1 atom stereocenters. The lowest BCUT2D eigenvalue weighted by Crippen LogP contribution is -2.44. The molecule has 1 unspecified atom stereocenters. The number of rotatable bonds is 8. The average molecular weight is 414 g/mol. The van der Waals surface area contributed by atoms with Crippen LogP contribution in [0, 0.1) is 0 Å². The fourth-order valence-electron chi connectivity index (χ4n) is 3.88. The van der Waals surface area contributed by atoms with Gasteiger partial charge < -0.3 is 19.9 Å². The fourth-order valence-corrected chi connectivity index (χ4v) is 3.88. The number of para-hydroxylation sites is 1. The lowest BCUT2D eigenvalue weighted by atomic mass is 10.0. The number of aliphatic imine (C=N–C) groups is 1. The maximum atomic E-state index is 5.66. The molecule has 30 heavy (non-hydrogen) atoms. The summed E-state index contributed by atoms with van der Waals surface area (Å²) in [6.07, 6.45) is 3.78. The van der Waals surface area contributed by atoms with Gasteiger partial charge in [-0.15, -0.1) is 0 Å². The van der Waals surface area contributed by atoms with Crippen molar-refractivity contribution in [3.63, 3.8) is 0 Å². The molecule has 1 aromatic carbocycles. The van der Waals surface area contributed by atoms with Crippen molar-refractivity contribution in [3.05, 3.63) is 47.3 Å². The van der Waals surface area contributed by atoms with E-state index in [0.29, 0.717) is 12.5 Å². The second-order valence-corrected chi connectivity index (χ2v) is 8.03. The molecule has 2 N–H and O–H groups in total. The number of ether oxygens (including phenoxy) is 1. The molecule has 7 nitrogen and oxygen atoms in total. The van der Waals surface area contributed by atoms with Gasteiger partial charge in [0.05, 0.1) is 25.4 Å². The molecule has 0 spiro atoms. The first-order valence-electron chi connectivity index (χ1n) is 10.9. The molecular formula is C23H35N5O2. The van der Waals surface area contributed by atoms with E-state index in [9.17, 15) is 0 Å². The van der Waals surface area contributed by atoms with Crippen LogP contribution in [0.2, 0.25) is 0 Å². The zero-order valence-corrected chi connectivity index (χ0v) is 18.6. The van der Waals surface area contributed by atoms with Crippen LogP contribution in [-0.2, 0) is 6.54 Å². The zero-order valence-electron chi connectivity index (χ0n) is 18.6. The Bertz CT molecular complexity index is 811. The molecule has 1 saturated heterocycles. The maximum Gasteiger partial charge on any atom is 0.191 e. The quantitative estimate of drug-likeness (QED) is 0.508. The van der Waals surface area contributed by atoms with E-state index in [1.807, 2.05) is 18.2 Å². The first kappa shape index (κ1) is 22.2. The number of methoxy groups -OCH3 is 1. The van der Waals surface area contributed by atoms with E-state index in [2.05, 4.69) is 51.7 Å². The molecule has 3 rings (SSSR count).